The first-order chi connectivity index (χ1) is 16.2. The summed E-state index contributed by atoms with van der Waals surface area (Å²) < 4.78 is 12.0. The molecule has 1 fully saturated rings. The number of carbonyl (C=O) groups excluding carboxylic acids is 1. The van der Waals surface area contributed by atoms with Gasteiger partial charge in [-0.15, -0.1) is 0 Å². The fourth-order valence-corrected chi connectivity index (χ4v) is 5.01. The van der Waals surface area contributed by atoms with Gasteiger partial charge in [-0.2, -0.15) is 0 Å². The molecule has 1 atom stereocenters. The Morgan fingerprint density at radius 1 is 1.09 bits per heavy atom. The topological polar surface area (TPSA) is 74.3 Å². The van der Waals surface area contributed by atoms with E-state index in [1.165, 1.54) is 11.1 Å². The monoisotopic (exact) mass is 451 g/mol. The van der Waals surface area contributed by atoms with E-state index in [2.05, 4.69) is 34.5 Å². The van der Waals surface area contributed by atoms with Crippen LogP contribution in [0.25, 0.3) is 0 Å². The normalized spacial score (nSPS) is 20.4. The van der Waals surface area contributed by atoms with Crippen LogP contribution >= 0.6 is 0 Å². The predicted molar refractivity (Wildman–Crippen MR) is 126 cm³/mol. The molecule has 1 saturated heterocycles. The molecular formula is C26H33N3O4. The van der Waals surface area contributed by atoms with Gasteiger partial charge in [0.2, 0.25) is 0 Å². The zero-order valence-electron chi connectivity index (χ0n) is 19.0. The van der Waals surface area contributed by atoms with Gasteiger partial charge < -0.3 is 24.8 Å². The third-order valence-electron chi connectivity index (χ3n) is 6.79. The smallest absolute Gasteiger partial charge is 0.257 e. The Labute approximate surface area is 195 Å². The number of amides is 1. The third-order valence-corrected chi connectivity index (χ3v) is 6.79. The van der Waals surface area contributed by atoms with Gasteiger partial charge in [0.25, 0.3) is 5.91 Å². The highest BCUT2D eigenvalue weighted by molar-refractivity contribution is 5.97. The highest BCUT2D eigenvalue weighted by atomic mass is 16.5. The van der Waals surface area contributed by atoms with Gasteiger partial charge in [0.05, 0.1) is 18.2 Å². The Hall–Kier alpha value is -2.61. The van der Waals surface area contributed by atoms with Gasteiger partial charge in [-0.3, -0.25) is 9.69 Å². The molecule has 0 bridgehead atoms. The van der Waals surface area contributed by atoms with E-state index < -0.39 is 6.10 Å². The second-order valence-corrected chi connectivity index (χ2v) is 9.23. The first-order valence-electron chi connectivity index (χ1n) is 12.1. The van der Waals surface area contributed by atoms with Crippen molar-refractivity contribution in [2.45, 2.75) is 38.0 Å². The molecule has 0 radical (unpaired) electrons. The lowest BCUT2D eigenvalue weighted by molar-refractivity contribution is 0.0501. The molecule has 2 aromatic carbocycles. The molecule has 2 aromatic rings. The zero-order valence-corrected chi connectivity index (χ0v) is 19.0. The minimum absolute atomic E-state index is 0.0982. The van der Waals surface area contributed by atoms with Crippen LogP contribution in [0.15, 0.2) is 42.5 Å². The molecule has 3 aliphatic heterocycles. The molecule has 0 spiro atoms. The lowest BCUT2D eigenvalue weighted by atomic mass is 10.00. The van der Waals surface area contributed by atoms with Crippen LogP contribution in [0.2, 0.25) is 0 Å². The fourth-order valence-electron chi connectivity index (χ4n) is 5.01. The van der Waals surface area contributed by atoms with Crippen molar-refractivity contribution >= 4 is 5.91 Å². The van der Waals surface area contributed by atoms with Gasteiger partial charge in [0.15, 0.2) is 0 Å². The van der Waals surface area contributed by atoms with E-state index in [0.29, 0.717) is 37.6 Å². The van der Waals surface area contributed by atoms with Crippen molar-refractivity contribution in [2.24, 2.45) is 0 Å². The fraction of sp³-hybridized carbons (Fsp3) is 0.500. The van der Waals surface area contributed by atoms with Crippen LogP contribution in [0.4, 0.5) is 0 Å². The Kier molecular flexibility index (Phi) is 6.80. The van der Waals surface area contributed by atoms with Crippen molar-refractivity contribution in [2.75, 3.05) is 45.9 Å². The summed E-state index contributed by atoms with van der Waals surface area (Å²) in [6.45, 7) is 5.40. The zero-order chi connectivity index (χ0) is 22.6. The van der Waals surface area contributed by atoms with Crippen LogP contribution < -0.4 is 14.8 Å². The highest BCUT2D eigenvalue weighted by Crippen LogP contribution is 2.29. The van der Waals surface area contributed by atoms with Crippen LogP contribution in [0, 0.1) is 0 Å². The molecule has 7 heteroatoms. The number of nitrogens with one attached hydrogen (secondary N) is 1. The maximum Gasteiger partial charge on any atom is 0.257 e. The van der Waals surface area contributed by atoms with Crippen LogP contribution in [-0.4, -0.2) is 78.9 Å². The molecule has 0 saturated carbocycles. The van der Waals surface area contributed by atoms with E-state index in [4.69, 9.17) is 9.47 Å². The highest BCUT2D eigenvalue weighted by Gasteiger charge is 2.27. The van der Waals surface area contributed by atoms with Gasteiger partial charge in [-0.05, 0) is 55.6 Å². The van der Waals surface area contributed by atoms with E-state index in [0.717, 1.165) is 51.2 Å². The number of aliphatic hydroxyl groups is 1. The van der Waals surface area contributed by atoms with Crippen LogP contribution in [0.3, 0.4) is 0 Å². The number of nitrogens with zero attached hydrogens (tertiary/aromatic N) is 2. The average Bonchev–Trinajstić information content (AvgIpc) is 2.98. The van der Waals surface area contributed by atoms with Crippen LogP contribution in [0.5, 0.6) is 11.5 Å². The number of β-amino-alcohol motifs (C(OH)–C–C–N with tert-alkyl or cyclic N) is 1. The molecule has 33 heavy (non-hydrogen) atoms. The number of piperidine rings is 1. The van der Waals surface area contributed by atoms with Crippen molar-refractivity contribution in [1.82, 2.24) is 15.1 Å². The first-order valence-corrected chi connectivity index (χ1v) is 12.1. The lowest BCUT2D eigenvalue weighted by Crippen LogP contribution is -2.44. The largest absolute Gasteiger partial charge is 0.491 e. The summed E-state index contributed by atoms with van der Waals surface area (Å²) in [4.78, 5) is 17.2. The molecule has 5 rings (SSSR count). The number of rotatable bonds is 6. The number of hydrogen-bond acceptors (Lipinski definition) is 6. The van der Waals surface area contributed by atoms with E-state index in [1.807, 2.05) is 12.1 Å². The number of hydrogen-bond donors (Lipinski definition) is 2. The number of ether oxygens (including phenoxy) is 2. The lowest BCUT2D eigenvalue weighted by Gasteiger charge is -2.32. The van der Waals surface area contributed by atoms with Crippen molar-refractivity contribution in [3.8, 4) is 11.5 Å². The number of fused-ring (bicyclic) bond motifs is 2. The van der Waals surface area contributed by atoms with Crippen LogP contribution in [0.1, 0.15) is 34.3 Å². The number of benzene rings is 2. The minimum Gasteiger partial charge on any atom is -0.491 e. The summed E-state index contributed by atoms with van der Waals surface area (Å²) in [5.41, 5.74) is 3.25. The average molecular weight is 452 g/mol. The van der Waals surface area contributed by atoms with Gasteiger partial charge in [-0.1, -0.05) is 24.3 Å². The SMILES string of the molecule is O=C1c2ccc(OC3CCNCC3)cc2OCCN1C[C@H](O)CN1CCc2ccccc2C1. The van der Waals surface area contributed by atoms with Gasteiger partial charge in [-0.25, -0.2) is 0 Å². The van der Waals surface area contributed by atoms with Crippen molar-refractivity contribution in [3.05, 3.63) is 59.2 Å². The number of aliphatic hydroxyl groups excluding tert-OH is 1. The molecule has 0 aromatic heterocycles. The van der Waals surface area contributed by atoms with Crippen molar-refractivity contribution < 1.29 is 19.4 Å². The Morgan fingerprint density at radius 3 is 2.76 bits per heavy atom. The molecule has 0 aliphatic carbocycles. The molecule has 3 aliphatic rings. The molecule has 1 amide bonds. The minimum atomic E-state index is -0.608. The summed E-state index contributed by atoms with van der Waals surface area (Å²) >= 11 is 0. The molecule has 3 heterocycles. The number of carbonyl (C=O) groups is 1. The van der Waals surface area contributed by atoms with E-state index in [1.54, 1.807) is 11.0 Å². The molecule has 0 unspecified atom stereocenters. The van der Waals surface area contributed by atoms with Crippen molar-refractivity contribution in [3.63, 3.8) is 0 Å². The van der Waals surface area contributed by atoms with Crippen LogP contribution in [-0.2, 0) is 13.0 Å². The Morgan fingerprint density at radius 2 is 1.91 bits per heavy atom. The Balaban J connectivity index is 1.19. The summed E-state index contributed by atoms with van der Waals surface area (Å²) in [5.74, 6) is 1.21. The van der Waals surface area contributed by atoms with E-state index in [9.17, 15) is 9.90 Å². The predicted octanol–water partition coefficient (Wildman–Crippen LogP) is 2.07. The van der Waals surface area contributed by atoms with Gasteiger partial charge in [0, 0.05) is 32.2 Å². The third kappa shape index (κ3) is 5.32. The second kappa shape index (κ2) is 10.1. The maximum atomic E-state index is 13.2. The quantitative estimate of drug-likeness (QED) is 0.701. The van der Waals surface area contributed by atoms with Gasteiger partial charge in [0.1, 0.15) is 24.2 Å². The summed E-state index contributed by atoms with van der Waals surface area (Å²) in [6, 6.07) is 14.0. The van der Waals surface area contributed by atoms with E-state index in [-0.39, 0.29) is 12.0 Å². The van der Waals surface area contributed by atoms with Crippen molar-refractivity contribution in [1.29, 1.82) is 0 Å². The van der Waals surface area contributed by atoms with E-state index >= 15 is 0 Å². The molecular weight excluding hydrogens is 418 g/mol. The molecule has 176 valence electrons. The second-order valence-electron chi connectivity index (χ2n) is 9.23. The molecule has 2 N–H and O–H groups in total. The summed E-state index contributed by atoms with van der Waals surface area (Å²) in [6.07, 6.45) is 2.53. The summed E-state index contributed by atoms with van der Waals surface area (Å²) in [5, 5.41) is 14.1. The standard InChI is InChI=1S/C26H33N3O4/c30-21(17-28-12-9-19-3-1-2-4-20(19)16-28)18-29-13-14-32-25-15-23(5-6-24(25)26(29)31)33-22-7-10-27-11-8-22/h1-6,15,21-22,27,30H,7-14,16-18H2/t21-/m1/s1. The molecule has 7 nitrogen and oxygen atoms in total. The first kappa shape index (κ1) is 22.2. The maximum absolute atomic E-state index is 13.2. The Bertz CT molecular complexity index is 976. The summed E-state index contributed by atoms with van der Waals surface area (Å²) in [7, 11) is 0. The van der Waals surface area contributed by atoms with Gasteiger partial charge >= 0.3 is 0 Å².